The number of hydrogen-bond donors (Lipinski definition) is 0. The first-order valence-corrected chi connectivity index (χ1v) is 6.01. The fourth-order valence-electron chi connectivity index (χ4n) is 1.30. The fourth-order valence-corrected chi connectivity index (χ4v) is 2.08. The van der Waals surface area contributed by atoms with Crippen LogP contribution in [0.2, 0.25) is 0 Å². The minimum absolute atomic E-state index is 0.0948. The summed E-state index contributed by atoms with van der Waals surface area (Å²) in [5.74, 6) is -2.18. The van der Waals surface area contributed by atoms with Crippen molar-refractivity contribution in [3.63, 3.8) is 0 Å². The van der Waals surface area contributed by atoms with Gasteiger partial charge in [-0.3, -0.25) is 4.79 Å². The molecule has 1 aromatic carbocycles. The second-order valence-electron chi connectivity index (χ2n) is 3.51. The standard InChI is InChI=1S/C11H9F2N3OS/c1-16-11(14-6-15-16)18-5-10(17)7-2-3-8(12)9(13)4-7/h2-4,6H,5H2,1H3. The summed E-state index contributed by atoms with van der Waals surface area (Å²) in [7, 11) is 1.71. The molecule has 0 N–H and O–H groups in total. The second kappa shape index (κ2) is 5.26. The van der Waals surface area contributed by atoms with E-state index in [1.807, 2.05) is 0 Å². The summed E-state index contributed by atoms with van der Waals surface area (Å²) in [5.41, 5.74) is 0.142. The number of Topliss-reactive ketones (excluding diaryl/α,β-unsaturated/α-hetero) is 1. The highest BCUT2D eigenvalue weighted by molar-refractivity contribution is 7.99. The Kier molecular flexibility index (Phi) is 3.71. The molecule has 2 rings (SSSR count). The monoisotopic (exact) mass is 269 g/mol. The van der Waals surface area contributed by atoms with E-state index in [2.05, 4.69) is 10.1 Å². The predicted octanol–water partition coefficient (Wildman–Crippen LogP) is 2.07. The van der Waals surface area contributed by atoms with Gasteiger partial charge in [0.2, 0.25) is 0 Å². The fraction of sp³-hybridized carbons (Fsp3) is 0.182. The molecule has 2 aromatic rings. The molecular weight excluding hydrogens is 260 g/mol. The van der Waals surface area contributed by atoms with Crippen LogP contribution in [-0.4, -0.2) is 26.3 Å². The van der Waals surface area contributed by atoms with E-state index in [0.717, 1.165) is 12.1 Å². The lowest BCUT2D eigenvalue weighted by molar-refractivity contribution is 0.102. The Labute approximate surface area is 106 Å². The van der Waals surface area contributed by atoms with Gasteiger partial charge in [-0.1, -0.05) is 11.8 Å². The van der Waals surface area contributed by atoms with Crippen LogP contribution >= 0.6 is 11.8 Å². The Morgan fingerprint density at radius 3 is 2.78 bits per heavy atom. The van der Waals surface area contributed by atoms with Gasteiger partial charge >= 0.3 is 0 Å². The molecule has 0 aliphatic heterocycles. The van der Waals surface area contributed by atoms with E-state index >= 15 is 0 Å². The third kappa shape index (κ3) is 2.73. The lowest BCUT2D eigenvalue weighted by Gasteiger charge is -2.01. The van der Waals surface area contributed by atoms with Gasteiger partial charge in [-0.15, -0.1) is 0 Å². The van der Waals surface area contributed by atoms with Gasteiger partial charge in [-0.2, -0.15) is 5.10 Å². The van der Waals surface area contributed by atoms with Crippen molar-refractivity contribution >= 4 is 17.5 Å². The summed E-state index contributed by atoms with van der Waals surface area (Å²) < 4.78 is 27.2. The number of carbonyl (C=O) groups excluding carboxylic acids is 1. The van der Waals surface area contributed by atoms with E-state index in [0.29, 0.717) is 5.16 Å². The molecule has 0 atom stereocenters. The molecule has 0 bridgehead atoms. The number of thioether (sulfide) groups is 1. The normalized spacial score (nSPS) is 10.6. The van der Waals surface area contributed by atoms with Crippen LogP contribution in [-0.2, 0) is 7.05 Å². The highest BCUT2D eigenvalue weighted by Gasteiger charge is 2.11. The zero-order valence-electron chi connectivity index (χ0n) is 9.43. The molecule has 0 saturated carbocycles. The summed E-state index contributed by atoms with van der Waals surface area (Å²) in [4.78, 5) is 15.7. The van der Waals surface area contributed by atoms with Crippen LogP contribution in [0.3, 0.4) is 0 Å². The molecule has 0 unspecified atom stereocenters. The Morgan fingerprint density at radius 1 is 1.39 bits per heavy atom. The maximum absolute atomic E-state index is 13.0. The topological polar surface area (TPSA) is 47.8 Å². The number of nitrogens with zero attached hydrogens (tertiary/aromatic N) is 3. The molecule has 0 radical (unpaired) electrons. The van der Waals surface area contributed by atoms with E-state index in [1.165, 1.54) is 28.8 Å². The number of ketones is 1. The molecule has 0 aliphatic carbocycles. The number of rotatable bonds is 4. The molecule has 0 fully saturated rings. The molecule has 18 heavy (non-hydrogen) atoms. The molecule has 1 aromatic heterocycles. The minimum Gasteiger partial charge on any atom is -0.293 e. The number of aromatic nitrogens is 3. The molecule has 7 heteroatoms. The molecule has 0 amide bonds. The summed E-state index contributed by atoms with van der Waals surface area (Å²) >= 11 is 1.19. The average molecular weight is 269 g/mol. The zero-order valence-corrected chi connectivity index (χ0v) is 10.2. The van der Waals surface area contributed by atoms with Crippen molar-refractivity contribution in [1.82, 2.24) is 14.8 Å². The van der Waals surface area contributed by atoms with Crippen LogP contribution in [0.15, 0.2) is 29.7 Å². The minimum atomic E-state index is -1.02. The van der Waals surface area contributed by atoms with Crippen LogP contribution in [0.25, 0.3) is 0 Å². The van der Waals surface area contributed by atoms with Crippen LogP contribution in [0.4, 0.5) is 8.78 Å². The van der Waals surface area contributed by atoms with Gasteiger partial charge in [0.25, 0.3) is 0 Å². The number of hydrogen-bond acceptors (Lipinski definition) is 4. The first kappa shape index (κ1) is 12.7. The van der Waals surface area contributed by atoms with Crippen molar-refractivity contribution in [2.24, 2.45) is 7.05 Å². The first-order valence-electron chi connectivity index (χ1n) is 5.03. The smallest absolute Gasteiger partial charge is 0.186 e. The van der Waals surface area contributed by atoms with E-state index in [1.54, 1.807) is 7.05 Å². The number of halogens is 2. The van der Waals surface area contributed by atoms with Crippen molar-refractivity contribution in [1.29, 1.82) is 0 Å². The van der Waals surface area contributed by atoms with Crippen molar-refractivity contribution in [2.45, 2.75) is 5.16 Å². The zero-order chi connectivity index (χ0) is 13.1. The Hall–Kier alpha value is -1.76. The SMILES string of the molecule is Cn1ncnc1SCC(=O)c1ccc(F)c(F)c1. The Morgan fingerprint density at radius 2 is 2.17 bits per heavy atom. The van der Waals surface area contributed by atoms with E-state index in [4.69, 9.17) is 0 Å². The van der Waals surface area contributed by atoms with E-state index in [9.17, 15) is 13.6 Å². The maximum atomic E-state index is 13.0. The summed E-state index contributed by atoms with van der Waals surface area (Å²) in [6.07, 6.45) is 1.38. The molecule has 94 valence electrons. The molecule has 1 heterocycles. The van der Waals surface area contributed by atoms with Crippen LogP contribution in [0.1, 0.15) is 10.4 Å². The lowest BCUT2D eigenvalue weighted by Crippen LogP contribution is -2.05. The molecule has 4 nitrogen and oxygen atoms in total. The number of aryl methyl sites for hydroxylation is 1. The van der Waals surface area contributed by atoms with Gasteiger partial charge in [0.1, 0.15) is 6.33 Å². The van der Waals surface area contributed by atoms with Gasteiger partial charge in [0, 0.05) is 12.6 Å². The molecule has 0 aliphatic rings. The molecular formula is C11H9F2N3OS. The van der Waals surface area contributed by atoms with Gasteiger partial charge in [-0.25, -0.2) is 18.4 Å². The van der Waals surface area contributed by atoms with E-state index in [-0.39, 0.29) is 17.1 Å². The third-order valence-electron chi connectivity index (χ3n) is 2.24. The third-order valence-corrected chi connectivity index (χ3v) is 3.28. The number of carbonyl (C=O) groups is 1. The van der Waals surface area contributed by atoms with Gasteiger partial charge in [0.15, 0.2) is 22.6 Å². The van der Waals surface area contributed by atoms with Crippen molar-refractivity contribution in [3.8, 4) is 0 Å². The lowest BCUT2D eigenvalue weighted by atomic mass is 10.1. The maximum Gasteiger partial charge on any atom is 0.186 e. The van der Waals surface area contributed by atoms with Gasteiger partial charge in [0.05, 0.1) is 5.75 Å². The number of benzene rings is 1. The first-order chi connectivity index (χ1) is 8.58. The van der Waals surface area contributed by atoms with Crippen LogP contribution in [0.5, 0.6) is 0 Å². The summed E-state index contributed by atoms with van der Waals surface area (Å²) in [6.45, 7) is 0. The Balaban J connectivity index is 2.04. The van der Waals surface area contributed by atoms with E-state index < -0.39 is 11.6 Å². The van der Waals surface area contributed by atoms with Crippen molar-refractivity contribution in [2.75, 3.05) is 5.75 Å². The Bertz CT molecular complexity index is 585. The highest BCUT2D eigenvalue weighted by Crippen LogP contribution is 2.16. The van der Waals surface area contributed by atoms with Gasteiger partial charge in [-0.05, 0) is 18.2 Å². The highest BCUT2D eigenvalue weighted by atomic mass is 32.2. The molecule has 0 spiro atoms. The predicted molar refractivity (Wildman–Crippen MR) is 62.4 cm³/mol. The molecule has 0 saturated heterocycles. The van der Waals surface area contributed by atoms with Crippen molar-refractivity contribution in [3.05, 3.63) is 41.7 Å². The largest absolute Gasteiger partial charge is 0.293 e. The van der Waals surface area contributed by atoms with Crippen LogP contribution in [0, 0.1) is 11.6 Å². The quantitative estimate of drug-likeness (QED) is 0.629. The second-order valence-corrected chi connectivity index (χ2v) is 4.45. The summed E-state index contributed by atoms with van der Waals surface area (Å²) in [6, 6.07) is 3.10. The summed E-state index contributed by atoms with van der Waals surface area (Å²) in [5, 5.41) is 4.45. The van der Waals surface area contributed by atoms with Crippen LogP contribution < -0.4 is 0 Å². The van der Waals surface area contributed by atoms with Gasteiger partial charge < -0.3 is 0 Å². The average Bonchev–Trinajstić information content (AvgIpc) is 2.75. The van der Waals surface area contributed by atoms with Crippen molar-refractivity contribution < 1.29 is 13.6 Å².